The van der Waals surface area contributed by atoms with Crippen LogP contribution in [0.5, 0.6) is 0 Å². The van der Waals surface area contributed by atoms with Crippen LogP contribution in [0.15, 0.2) is 29.6 Å². The first-order chi connectivity index (χ1) is 18.0. The van der Waals surface area contributed by atoms with Crippen LogP contribution in [0.2, 0.25) is 0 Å². The molecule has 2 heterocycles. The van der Waals surface area contributed by atoms with Gasteiger partial charge in [-0.1, -0.05) is 38.3 Å². The lowest BCUT2D eigenvalue weighted by atomic mass is 9.81. The molecule has 9 heteroatoms. The number of benzene rings is 1. The number of carbonyl (C=O) groups is 2. The summed E-state index contributed by atoms with van der Waals surface area (Å²) in [4.78, 5) is 35.1. The standard InChI is InChI=1S/C28H40N4O4S/c1-3-15-31(18-19-33)23-11-16-32(17-12-23)27-29-24(20-37-27)21-7-9-22(10-8-21)25(34)30-28(26(35)36-2)13-5-4-6-14-28/h7-10,20,23,33H,3-6,11-19H2,1-2H3,(H,30,34). The maximum Gasteiger partial charge on any atom is 0.331 e. The number of methoxy groups -OCH3 is 1. The first-order valence-corrected chi connectivity index (χ1v) is 14.4. The van der Waals surface area contributed by atoms with Crippen molar-refractivity contribution in [3.8, 4) is 11.3 Å². The number of amides is 1. The topological polar surface area (TPSA) is 95.0 Å². The zero-order valence-electron chi connectivity index (χ0n) is 22.1. The van der Waals surface area contributed by atoms with Gasteiger partial charge in [-0.15, -0.1) is 11.3 Å². The Hall–Kier alpha value is -2.49. The third-order valence-electron chi connectivity index (χ3n) is 7.72. The van der Waals surface area contributed by atoms with Gasteiger partial charge >= 0.3 is 5.97 Å². The summed E-state index contributed by atoms with van der Waals surface area (Å²) < 4.78 is 5.02. The van der Waals surface area contributed by atoms with Gasteiger partial charge in [-0.3, -0.25) is 9.69 Å². The van der Waals surface area contributed by atoms with E-state index in [4.69, 9.17) is 9.72 Å². The molecule has 0 unspecified atom stereocenters. The highest BCUT2D eigenvalue weighted by Crippen LogP contribution is 2.32. The molecule has 0 bridgehead atoms. The minimum atomic E-state index is -0.925. The highest BCUT2D eigenvalue weighted by atomic mass is 32.1. The van der Waals surface area contributed by atoms with Crippen molar-refractivity contribution in [2.24, 2.45) is 0 Å². The summed E-state index contributed by atoms with van der Waals surface area (Å²) in [5.41, 5.74) is 1.47. The largest absolute Gasteiger partial charge is 0.467 e. The van der Waals surface area contributed by atoms with Crippen LogP contribution in [0, 0.1) is 0 Å². The quantitative estimate of drug-likeness (QED) is 0.449. The SMILES string of the molecule is CCCN(CCO)C1CCN(c2nc(-c3ccc(C(=O)NC4(C(=O)OC)CCCCC4)cc3)cs2)CC1. The molecule has 8 nitrogen and oxygen atoms in total. The molecule has 2 N–H and O–H groups in total. The molecule has 1 aliphatic carbocycles. The minimum absolute atomic E-state index is 0.211. The van der Waals surface area contributed by atoms with Crippen LogP contribution in [0.3, 0.4) is 0 Å². The number of nitrogens with one attached hydrogen (secondary N) is 1. The number of hydrogen-bond donors (Lipinski definition) is 2. The molecule has 4 rings (SSSR count). The van der Waals surface area contributed by atoms with E-state index in [2.05, 4.69) is 27.4 Å². The zero-order valence-corrected chi connectivity index (χ0v) is 22.9. The Labute approximate surface area is 224 Å². The summed E-state index contributed by atoms with van der Waals surface area (Å²) in [6, 6.07) is 7.96. The van der Waals surface area contributed by atoms with E-state index >= 15 is 0 Å². The van der Waals surface area contributed by atoms with Gasteiger partial charge in [0.2, 0.25) is 0 Å². The lowest BCUT2D eigenvalue weighted by molar-refractivity contribution is -0.149. The predicted octanol–water partition coefficient (Wildman–Crippen LogP) is 4.09. The average molecular weight is 529 g/mol. The van der Waals surface area contributed by atoms with Crippen LogP contribution in [0.1, 0.15) is 68.6 Å². The highest BCUT2D eigenvalue weighted by molar-refractivity contribution is 7.14. The monoisotopic (exact) mass is 528 g/mol. The van der Waals surface area contributed by atoms with E-state index in [1.165, 1.54) is 7.11 Å². The van der Waals surface area contributed by atoms with E-state index in [1.807, 2.05) is 12.1 Å². The number of aliphatic hydroxyl groups excluding tert-OH is 1. The number of piperidine rings is 1. The molecule has 1 amide bonds. The Kier molecular flexibility index (Phi) is 9.56. The smallest absolute Gasteiger partial charge is 0.331 e. The summed E-state index contributed by atoms with van der Waals surface area (Å²) in [5, 5.41) is 15.5. The average Bonchev–Trinajstić information content (AvgIpc) is 3.43. The van der Waals surface area contributed by atoms with Gasteiger partial charge in [0.1, 0.15) is 5.54 Å². The Morgan fingerprint density at radius 3 is 2.49 bits per heavy atom. The number of carbonyl (C=O) groups excluding carboxylic acids is 2. The molecule has 202 valence electrons. The highest BCUT2D eigenvalue weighted by Gasteiger charge is 2.42. The van der Waals surface area contributed by atoms with Crippen molar-refractivity contribution in [2.45, 2.75) is 69.9 Å². The van der Waals surface area contributed by atoms with Crippen molar-refractivity contribution in [3.05, 3.63) is 35.2 Å². The molecule has 2 aromatic rings. The van der Waals surface area contributed by atoms with E-state index < -0.39 is 5.54 Å². The molecular weight excluding hydrogens is 488 g/mol. The van der Waals surface area contributed by atoms with Gasteiger partial charge in [0.05, 0.1) is 19.4 Å². The minimum Gasteiger partial charge on any atom is -0.467 e. The van der Waals surface area contributed by atoms with Crippen molar-refractivity contribution < 1.29 is 19.4 Å². The van der Waals surface area contributed by atoms with E-state index in [1.54, 1.807) is 23.5 Å². The van der Waals surface area contributed by atoms with Crippen LogP contribution in [0.4, 0.5) is 5.13 Å². The van der Waals surface area contributed by atoms with Crippen LogP contribution in [-0.2, 0) is 9.53 Å². The second-order valence-electron chi connectivity index (χ2n) is 10.2. The second-order valence-corrected chi connectivity index (χ2v) is 11.0. The van der Waals surface area contributed by atoms with Gasteiger partial charge in [0.15, 0.2) is 5.13 Å². The molecule has 37 heavy (non-hydrogen) atoms. The summed E-state index contributed by atoms with van der Waals surface area (Å²) in [5.74, 6) is -0.610. The zero-order chi connectivity index (χ0) is 26.3. The Balaban J connectivity index is 1.37. The summed E-state index contributed by atoms with van der Waals surface area (Å²) >= 11 is 1.65. The lowest BCUT2D eigenvalue weighted by Crippen LogP contribution is -2.56. The fourth-order valence-corrected chi connectivity index (χ4v) is 6.56. The van der Waals surface area contributed by atoms with Gasteiger partial charge in [-0.2, -0.15) is 0 Å². The van der Waals surface area contributed by atoms with Gasteiger partial charge in [0.25, 0.3) is 5.91 Å². The molecule has 0 spiro atoms. The number of esters is 1. The first kappa shape index (κ1) is 27.5. The van der Waals surface area contributed by atoms with E-state index in [9.17, 15) is 14.7 Å². The number of anilines is 1. The summed E-state index contributed by atoms with van der Waals surface area (Å²) in [6.07, 6.45) is 7.34. The Morgan fingerprint density at radius 2 is 1.86 bits per heavy atom. The third kappa shape index (κ3) is 6.51. The van der Waals surface area contributed by atoms with Crippen molar-refractivity contribution in [1.29, 1.82) is 0 Å². The van der Waals surface area contributed by atoms with Crippen molar-refractivity contribution in [3.63, 3.8) is 0 Å². The fraction of sp³-hybridized carbons (Fsp3) is 0.607. The number of nitrogens with zero attached hydrogens (tertiary/aromatic N) is 3. The lowest BCUT2D eigenvalue weighted by Gasteiger charge is -2.38. The van der Waals surface area contributed by atoms with Gasteiger partial charge in [-0.05, 0) is 50.8 Å². The number of ether oxygens (including phenoxy) is 1. The van der Waals surface area contributed by atoms with Gasteiger partial charge in [-0.25, -0.2) is 9.78 Å². The number of thiazole rings is 1. The fourth-order valence-electron chi connectivity index (χ4n) is 5.67. The first-order valence-electron chi connectivity index (χ1n) is 13.6. The van der Waals surface area contributed by atoms with E-state index in [0.29, 0.717) is 24.4 Å². The van der Waals surface area contributed by atoms with Crippen LogP contribution < -0.4 is 10.2 Å². The predicted molar refractivity (Wildman–Crippen MR) is 147 cm³/mol. The molecule has 2 aliphatic rings. The van der Waals surface area contributed by atoms with Crippen LogP contribution in [-0.4, -0.2) is 78.3 Å². The molecule has 0 atom stereocenters. The molecule has 2 fully saturated rings. The van der Waals surface area contributed by atoms with Crippen molar-refractivity contribution in [2.75, 3.05) is 44.8 Å². The van der Waals surface area contributed by atoms with E-state index in [-0.39, 0.29) is 18.5 Å². The molecular formula is C28H40N4O4S. The maximum absolute atomic E-state index is 13.0. The van der Waals surface area contributed by atoms with Crippen molar-refractivity contribution >= 4 is 28.3 Å². The van der Waals surface area contributed by atoms with E-state index in [0.717, 1.165) is 81.1 Å². The van der Waals surface area contributed by atoms with Crippen molar-refractivity contribution in [1.82, 2.24) is 15.2 Å². The molecule has 1 aromatic heterocycles. The van der Waals surface area contributed by atoms with Gasteiger partial charge < -0.3 is 20.1 Å². The van der Waals surface area contributed by atoms with Gasteiger partial charge in [0, 0.05) is 42.2 Å². The number of aliphatic hydroxyl groups is 1. The molecule has 1 aromatic carbocycles. The molecule has 1 saturated carbocycles. The van der Waals surface area contributed by atoms with Crippen LogP contribution in [0.25, 0.3) is 11.3 Å². The second kappa shape index (κ2) is 12.8. The number of hydrogen-bond acceptors (Lipinski definition) is 8. The molecule has 0 radical (unpaired) electrons. The Bertz CT molecular complexity index is 1020. The summed E-state index contributed by atoms with van der Waals surface area (Å²) in [7, 11) is 1.38. The number of rotatable bonds is 10. The third-order valence-corrected chi connectivity index (χ3v) is 8.62. The normalized spacial score (nSPS) is 18.1. The Morgan fingerprint density at radius 1 is 1.16 bits per heavy atom. The molecule has 1 saturated heterocycles. The number of aromatic nitrogens is 1. The summed E-state index contributed by atoms with van der Waals surface area (Å²) in [6.45, 7) is 6.10. The van der Waals surface area contributed by atoms with Crippen LogP contribution >= 0.6 is 11.3 Å². The molecule has 1 aliphatic heterocycles. The maximum atomic E-state index is 13.0.